The van der Waals surface area contributed by atoms with E-state index < -0.39 is 7.22 Å². The second-order valence-electron chi connectivity index (χ2n) is 7.01. The van der Waals surface area contributed by atoms with Gasteiger partial charge in [-0.25, -0.2) is 0 Å². The maximum absolute atomic E-state index is 4.80. The van der Waals surface area contributed by atoms with Gasteiger partial charge in [-0.2, -0.15) is 11.2 Å². The number of rotatable bonds is 4. The first-order valence-corrected chi connectivity index (χ1v) is 13.3. The van der Waals surface area contributed by atoms with Gasteiger partial charge in [-0.15, -0.1) is 0 Å². The lowest BCUT2D eigenvalue weighted by molar-refractivity contribution is 1.46. The number of hydrogen-bond donors (Lipinski definition) is 0. The molecule has 0 bridgehead atoms. The minimum absolute atomic E-state index is 1.05. The molecule has 0 saturated heterocycles. The summed E-state index contributed by atoms with van der Waals surface area (Å²) in [5.74, 6) is 0. The van der Waals surface area contributed by atoms with Gasteiger partial charge in [0.1, 0.15) is 7.22 Å². The van der Waals surface area contributed by atoms with Crippen molar-refractivity contribution in [3.8, 4) is 0 Å². The third-order valence-corrected chi connectivity index (χ3v) is 7.36. The van der Waals surface area contributed by atoms with Crippen molar-refractivity contribution in [2.24, 2.45) is 4.99 Å². The highest BCUT2D eigenvalue weighted by Gasteiger charge is 2.17. The molecule has 3 rings (SSSR count). The molecule has 0 atom stereocenters. The average Bonchev–Trinajstić information content (AvgIpc) is 2.53. The van der Waals surface area contributed by atoms with E-state index >= 15 is 0 Å². The Hall–Kier alpha value is -1.84. The monoisotopic (exact) mass is 349 g/mol. The fourth-order valence-electron chi connectivity index (χ4n) is 2.61. The summed E-state index contributed by atoms with van der Waals surface area (Å²) in [5, 5.41) is 2.53. The molecular formula is C21H23NSSi. The van der Waals surface area contributed by atoms with Gasteiger partial charge in [0.05, 0.1) is 5.69 Å². The maximum Gasteiger partial charge on any atom is 0.114 e. The van der Waals surface area contributed by atoms with Crippen LogP contribution in [0.1, 0.15) is 11.1 Å². The first kappa shape index (κ1) is 17.0. The summed E-state index contributed by atoms with van der Waals surface area (Å²) in [7, 11) is -1.27. The predicted octanol–water partition coefficient (Wildman–Crippen LogP) is 6.83. The van der Waals surface area contributed by atoms with E-state index in [1.807, 2.05) is 17.4 Å². The molecule has 3 aromatic carbocycles. The van der Waals surface area contributed by atoms with Gasteiger partial charge >= 0.3 is 0 Å². The lowest BCUT2D eigenvalue weighted by atomic mass is 10.1. The van der Waals surface area contributed by atoms with Gasteiger partial charge < -0.3 is 0 Å². The second kappa shape index (κ2) is 6.95. The molecular weight excluding hydrogens is 326 g/mol. The van der Waals surface area contributed by atoms with E-state index in [1.54, 1.807) is 0 Å². The zero-order chi connectivity index (χ0) is 17.2. The van der Waals surface area contributed by atoms with Crippen LogP contribution in [0.2, 0.25) is 19.6 Å². The van der Waals surface area contributed by atoms with Crippen LogP contribution in [0.3, 0.4) is 0 Å². The molecule has 3 aromatic rings. The highest BCUT2D eigenvalue weighted by molar-refractivity contribution is 8.28. The van der Waals surface area contributed by atoms with Crippen molar-refractivity contribution in [1.82, 2.24) is 0 Å². The van der Waals surface area contributed by atoms with Crippen LogP contribution in [0, 0.1) is 6.92 Å². The summed E-state index contributed by atoms with van der Waals surface area (Å²) in [6.07, 6.45) is 1.96. The molecule has 0 saturated carbocycles. The molecule has 0 aliphatic rings. The first-order valence-electron chi connectivity index (χ1n) is 8.24. The molecule has 0 aliphatic heterocycles. The normalized spacial score (nSPS) is 12.2. The van der Waals surface area contributed by atoms with E-state index in [0.717, 1.165) is 11.3 Å². The Balaban J connectivity index is 2.05. The van der Waals surface area contributed by atoms with Crippen molar-refractivity contribution in [2.75, 3.05) is 0 Å². The molecule has 3 heteroatoms. The van der Waals surface area contributed by atoms with Gasteiger partial charge in [0.25, 0.3) is 0 Å². The minimum Gasteiger partial charge on any atom is -0.256 e. The Bertz CT molecular complexity index is 871. The van der Waals surface area contributed by atoms with Gasteiger partial charge in [-0.3, -0.25) is 4.99 Å². The quantitative estimate of drug-likeness (QED) is 0.371. The van der Waals surface area contributed by atoms with Crippen molar-refractivity contribution >= 4 is 41.1 Å². The Labute approximate surface area is 149 Å². The van der Waals surface area contributed by atoms with E-state index in [-0.39, 0.29) is 0 Å². The summed E-state index contributed by atoms with van der Waals surface area (Å²) < 4.78 is 0. The Morgan fingerprint density at radius 2 is 1.54 bits per heavy atom. The average molecular weight is 350 g/mol. The zero-order valence-corrected chi connectivity index (χ0v) is 16.5. The highest BCUT2D eigenvalue weighted by atomic mass is 32.4. The lowest BCUT2D eigenvalue weighted by Gasteiger charge is -2.17. The van der Waals surface area contributed by atoms with Crippen molar-refractivity contribution in [3.63, 3.8) is 0 Å². The number of nitrogens with zero attached hydrogens (tertiary/aromatic N) is 1. The third-order valence-electron chi connectivity index (χ3n) is 3.69. The molecule has 0 spiro atoms. The zero-order valence-electron chi connectivity index (χ0n) is 14.7. The van der Waals surface area contributed by atoms with E-state index in [1.165, 1.54) is 21.2 Å². The maximum atomic E-state index is 4.80. The third kappa shape index (κ3) is 4.16. The number of aryl methyl sites for hydroxylation is 1. The fourth-order valence-corrected chi connectivity index (χ4v) is 6.23. The number of benzene rings is 3. The van der Waals surface area contributed by atoms with Gasteiger partial charge in [0.2, 0.25) is 0 Å². The van der Waals surface area contributed by atoms with Crippen LogP contribution in [0.25, 0.3) is 10.8 Å². The number of hydrogen-bond acceptors (Lipinski definition) is 2. The largest absolute Gasteiger partial charge is 0.256 e. The van der Waals surface area contributed by atoms with Crippen molar-refractivity contribution in [2.45, 2.75) is 31.5 Å². The topological polar surface area (TPSA) is 12.4 Å². The van der Waals surface area contributed by atoms with E-state index in [9.17, 15) is 0 Å². The van der Waals surface area contributed by atoms with E-state index in [0.29, 0.717) is 0 Å². The first-order chi connectivity index (χ1) is 11.4. The Kier molecular flexibility index (Phi) is 4.92. The SMILES string of the molecule is Cc1ccc(C=Nc2cccc3cccc(S[Si](C)(C)C)c23)cc1. The molecule has 0 aliphatic carbocycles. The van der Waals surface area contributed by atoms with Crippen LogP contribution in [0.15, 0.2) is 70.6 Å². The smallest absolute Gasteiger partial charge is 0.114 e. The summed E-state index contributed by atoms with van der Waals surface area (Å²) >= 11 is 2.03. The molecule has 0 amide bonds. The molecule has 0 N–H and O–H groups in total. The van der Waals surface area contributed by atoms with Gasteiger partial charge in [0.15, 0.2) is 0 Å². The van der Waals surface area contributed by atoms with Crippen LogP contribution in [-0.2, 0) is 0 Å². The fraction of sp³-hybridized carbons (Fsp3) is 0.190. The highest BCUT2D eigenvalue weighted by Crippen LogP contribution is 2.38. The molecule has 1 nitrogen and oxygen atoms in total. The minimum atomic E-state index is -1.27. The predicted molar refractivity (Wildman–Crippen MR) is 112 cm³/mol. The van der Waals surface area contributed by atoms with Gasteiger partial charge in [-0.05, 0) is 30.0 Å². The lowest BCUT2D eigenvalue weighted by Crippen LogP contribution is -2.13. The summed E-state index contributed by atoms with van der Waals surface area (Å²) in [6.45, 7) is 9.25. The van der Waals surface area contributed by atoms with Crippen molar-refractivity contribution in [3.05, 3.63) is 71.8 Å². The van der Waals surface area contributed by atoms with E-state index in [2.05, 4.69) is 87.2 Å². The standard InChI is InChI=1S/C21H23NSSi/c1-16-11-13-17(14-12-16)15-22-19-9-5-7-18-8-6-10-20(21(18)19)23-24(2,3)4/h5-15H,1-4H3. The summed E-state index contributed by atoms with van der Waals surface area (Å²) in [6, 6.07) is 21.4. The van der Waals surface area contributed by atoms with Crippen molar-refractivity contribution < 1.29 is 0 Å². The summed E-state index contributed by atoms with van der Waals surface area (Å²) in [4.78, 5) is 6.15. The molecule has 0 unspecified atom stereocenters. The number of aliphatic imine (C=N–C) groups is 1. The second-order valence-corrected chi connectivity index (χ2v) is 16.2. The van der Waals surface area contributed by atoms with Gasteiger partial charge in [0, 0.05) is 16.5 Å². The summed E-state index contributed by atoms with van der Waals surface area (Å²) in [5.41, 5.74) is 3.45. The van der Waals surface area contributed by atoms with Crippen molar-refractivity contribution in [1.29, 1.82) is 0 Å². The van der Waals surface area contributed by atoms with Crippen LogP contribution in [0.4, 0.5) is 5.69 Å². The van der Waals surface area contributed by atoms with Crippen LogP contribution < -0.4 is 0 Å². The van der Waals surface area contributed by atoms with Crippen LogP contribution >= 0.6 is 11.2 Å². The molecule has 24 heavy (non-hydrogen) atoms. The molecule has 0 heterocycles. The number of fused-ring (bicyclic) bond motifs is 1. The molecule has 0 fully saturated rings. The molecule has 0 aromatic heterocycles. The van der Waals surface area contributed by atoms with Crippen LogP contribution in [-0.4, -0.2) is 13.4 Å². The van der Waals surface area contributed by atoms with E-state index in [4.69, 9.17) is 4.99 Å². The Morgan fingerprint density at radius 3 is 2.21 bits per heavy atom. The molecule has 122 valence electrons. The Morgan fingerprint density at radius 1 is 0.875 bits per heavy atom. The molecule has 0 radical (unpaired) electrons. The van der Waals surface area contributed by atoms with Gasteiger partial charge in [-0.1, -0.05) is 73.7 Å². The van der Waals surface area contributed by atoms with Crippen LogP contribution in [0.5, 0.6) is 0 Å².